The topological polar surface area (TPSA) is 73.3 Å². The SMILES string of the molecule is CCOc1ccc(-c2ccc(NC(=O)COc3ccc(F)cc3F)cc2)nn1. The Balaban J connectivity index is 1.56. The van der Waals surface area contributed by atoms with Crippen molar-refractivity contribution < 1.29 is 23.0 Å². The van der Waals surface area contributed by atoms with E-state index in [0.717, 1.165) is 17.7 Å². The first-order valence-electron chi connectivity index (χ1n) is 8.50. The smallest absolute Gasteiger partial charge is 0.262 e. The standard InChI is InChI=1S/C20H17F2N3O3/c1-2-27-20-10-8-17(24-25-20)13-3-6-15(7-4-13)23-19(26)12-28-18-9-5-14(21)11-16(18)22/h3-11H,2,12H2,1H3,(H,23,26). The second kappa shape index (κ2) is 8.90. The van der Waals surface area contributed by atoms with Crippen LogP contribution in [0.5, 0.6) is 11.6 Å². The largest absolute Gasteiger partial charge is 0.481 e. The Morgan fingerprint density at radius 1 is 1.00 bits per heavy atom. The lowest BCUT2D eigenvalue weighted by atomic mass is 10.1. The number of halogens is 2. The summed E-state index contributed by atoms with van der Waals surface area (Å²) < 4.78 is 36.7. The second-order valence-electron chi connectivity index (χ2n) is 5.68. The summed E-state index contributed by atoms with van der Waals surface area (Å²) in [5.41, 5.74) is 2.02. The zero-order valence-corrected chi connectivity index (χ0v) is 15.0. The third-order valence-corrected chi connectivity index (χ3v) is 3.65. The molecule has 28 heavy (non-hydrogen) atoms. The summed E-state index contributed by atoms with van der Waals surface area (Å²) in [6.45, 7) is 1.97. The molecule has 3 aromatic rings. The van der Waals surface area contributed by atoms with E-state index in [1.165, 1.54) is 0 Å². The summed E-state index contributed by atoms with van der Waals surface area (Å²) in [6.07, 6.45) is 0. The van der Waals surface area contributed by atoms with E-state index in [2.05, 4.69) is 15.5 Å². The van der Waals surface area contributed by atoms with Gasteiger partial charge < -0.3 is 14.8 Å². The number of hydrogen-bond acceptors (Lipinski definition) is 5. The van der Waals surface area contributed by atoms with Crippen LogP contribution in [0.4, 0.5) is 14.5 Å². The van der Waals surface area contributed by atoms with Gasteiger partial charge in [-0.15, -0.1) is 10.2 Å². The Morgan fingerprint density at radius 3 is 2.43 bits per heavy atom. The molecule has 0 bridgehead atoms. The molecule has 3 rings (SSSR count). The lowest BCUT2D eigenvalue weighted by molar-refractivity contribution is -0.118. The highest BCUT2D eigenvalue weighted by Crippen LogP contribution is 2.21. The van der Waals surface area contributed by atoms with E-state index in [4.69, 9.17) is 9.47 Å². The molecule has 6 nitrogen and oxygen atoms in total. The van der Waals surface area contributed by atoms with E-state index < -0.39 is 24.1 Å². The summed E-state index contributed by atoms with van der Waals surface area (Å²) in [7, 11) is 0. The zero-order valence-electron chi connectivity index (χ0n) is 15.0. The van der Waals surface area contributed by atoms with Crippen molar-refractivity contribution in [1.82, 2.24) is 10.2 Å². The first-order valence-corrected chi connectivity index (χ1v) is 8.50. The van der Waals surface area contributed by atoms with Gasteiger partial charge in [-0.05, 0) is 37.3 Å². The van der Waals surface area contributed by atoms with Crippen molar-refractivity contribution >= 4 is 11.6 Å². The van der Waals surface area contributed by atoms with Crippen LogP contribution in [0.25, 0.3) is 11.3 Å². The van der Waals surface area contributed by atoms with Crippen molar-refractivity contribution in [1.29, 1.82) is 0 Å². The number of carbonyl (C=O) groups is 1. The number of nitrogens with zero attached hydrogens (tertiary/aromatic N) is 2. The minimum absolute atomic E-state index is 0.194. The number of rotatable bonds is 7. The molecule has 0 saturated carbocycles. The zero-order chi connectivity index (χ0) is 19.9. The number of anilines is 1. The summed E-state index contributed by atoms with van der Waals surface area (Å²) in [5, 5.41) is 10.7. The van der Waals surface area contributed by atoms with Crippen LogP contribution in [0, 0.1) is 11.6 Å². The van der Waals surface area contributed by atoms with Gasteiger partial charge in [-0.2, -0.15) is 0 Å². The molecule has 0 aliphatic rings. The van der Waals surface area contributed by atoms with Crippen LogP contribution in [-0.4, -0.2) is 29.3 Å². The number of benzene rings is 2. The Kier molecular flexibility index (Phi) is 6.11. The van der Waals surface area contributed by atoms with Crippen LogP contribution in [-0.2, 0) is 4.79 Å². The van der Waals surface area contributed by atoms with Crippen LogP contribution in [0.2, 0.25) is 0 Å². The molecule has 144 valence electrons. The van der Waals surface area contributed by atoms with Crippen molar-refractivity contribution in [3.8, 4) is 22.9 Å². The molecule has 0 atom stereocenters. The molecule has 0 unspecified atom stereocenters. The molecular weight excluding hydrogens is 368 g/mol. The summed E-state index contributed by atoms with van der Waals surface area (Å²) >= 11 is 0. The van der Waals surface area contributed by atoms with Crippen molar-refractivity contribution in [2.45, 2.75) is 6.92 Å². The number of amides is 1. The third kappa shape index (κ3) is 5.00. The van der Waals surface area contributed by atoms with Crippen molar-refractivity contribution in [3.05, 3.63) is 66.2 Å². The highest BCUT2D eigenvalue weighted by atomic mass is 19.1. The maximum Gasteiger partial charge on any atom is 0.262 e. The first kappa shape index (κ1) is 19.2. The van der Waals surface area contributed by atoms with Crippen molar-refractivity contribution in [2.75, 3.05) is 18.5 Å². The number of ether oxygens (including phenoxy) is 2. The van der Waals surface area contributed by atoms with Crippen LogP contribution in [0.3, 0.4) is 0 Å². The van der Waals surface area contributed by atoms with E-state index in [-0.39, 0.29) is 5.75 Å². The lowest BCUT2D eigenvalue weighted by Gasteiger charge is -2.09. The molecule has 0 fully saturated rings. The number of hydrogen-bond donors (Lipinski definition) is 1. The maximum atomic E-state index is 13.5. The molecule has 0 aliphatic heterocycles. The molecular formula is C20H17F2N3O3. The molecule has 1 N–H and O–H groups in total. The normalized spacial score (nSPS) is 10.4. The van der Waals surface area contributed by atoms with Gasteiger partial charge in [-0.25, -0.2) is 8.78 Å². The van der Waals surface area contributed by atoms with Gasteiger partial charge in [-0.3, -0.25) is 4.79 Å². The van der Waals surface area contributed by atoms with Gasteiger partial charge in [0.25, 0.3) is 5.91 Å². The highest BCUT2D eigenvalue weighted by Gasteiger charge is 2.09. The Hall–Kier alpha value is -3.55. The highest BCUT2D eigenvalue weighted by molar-refractivity contribution is 5.92. The van der Waals surface area contributed by atoms with Crippen molar-refractivity contribution in [3.63, 3.8) is 0 Å². The van der Waals surface area contributed by atoms with E-state index >= 15 is 0 Å². The van der Waals surface area contributed by atoms with Gasteiger partial charge in [0, 0.05) is 23.4 Å². The van der Waals surface area contributed by atoms with Gasteiger partial charge >= 0.3 is 0 Å². The van der Waals surface area contributed by atoms with E-state index in [1.54, 1.807) is 36.4 Å². The quantitative estimate of drug-likeness (QED) is 0.669. The molecule has 0 saturated heterocycles. The minimum Gasteiger partial charge on any atom is -0.481 e. The van der Waals surface area contributed by atoms with Crippen LogP contribution in [0.1, 0.15) is 6.92 Å². The average molecular weight is 385 g/mol. The molecule has 1 amide bonds. The van der Waals surface area contributed by atoms with E-state index in [0.29, 0.717) is 29.9 Å². The summed E-state index contributed by atoms with van der Waals surface area (Å²) in [5.74, 6) is -1.80. The van der Waals surface area contributed by atoms with Crippen molar-refractivity contribution in [2.24, 2.45) is 0 Å². The van der Waals surface area contributed by atoms with Gasteiger partial charge in [0.2, 0.25) is 5.88 Å². The molecule has 0 spiro atoms. The van der Waals surface area contributed by atoms with Crippen LogP contribution < -0.4 is 14.8 Å². The molecule has 0 aliphatic carbocycles. The Labute approximate surface area is 160 Å². The fraction of sp³-hybridized carbons (Fsp3) is 0.150. The second-order valence-corrected chi connectivity index (χ2v) is 5.68. The average Bonchev–Trinajstić information content (AvgIpc) is 2.69. The maximum absolute atomic E-state index is 13.5. The predicted octanol–water partition coefficient (Wildman–Crippen LogP) is 3.84. The fourth-order valence-electron chi connectivity index (χ4n) is 2.36. The van der Waals surface area contributed by atoms with E-state index in [1.807, 2.05) is 6.92 Å². The van der Waals surface area contributed by atoms with Crippen LogP contribution in [0.15, 0.2) is 54.6 Å². The van der Waals surface area contributed by atoms with Gasteiger partial charge in [-0.1, -0.05) is 12.1 Å². The molecule has 0 radical (unpaired) electrons. The summed E-state index contributed by atoms with van der Waals surface area (Å²) in [4.78, 5) is 11.9. The summed E-state index contributed by atoms with van der Waals surface area (Å²) in [6, 6.07) is 13.3. The minimum atomic E-state index is -0.867. The first-order chi connectivity index (χ1) is 13.5. The molecule has 2 aromatic carbocycles. The monoisotopic (exact) mass is 385 g/mol. The van der Waals surface area contributed by atoms with Crippen LogP contribution >= 0.6 is 0 Å². The molecule has 8 heteroatoms. The number of carbonyl (C=O) groups excluding carboxylic acids is 1. The predicted molar refractivity (Wildman–Crippen MR) is 99.1 cm³/mol. The van der Waals surface area contributed by atoms with Gasteiger partial charge in [0.1, 0.15) is 5.82 Å². The van der Waals surface area contributed by atoms with E-state index in [9.17, 15) is 13.6 Å². The molecule has 1 heterocycles. The lowest BCUT2D eigenvalue weighted by Crippen LogP contribution is -2.20. The van der Waals surface area contributed by atoms with Gasteiger partial charge in [0.05, 0.1) is 12.3 Å². The third-order valence-electron chi connectivity index (χ3n) is 3.65. The number of aromatic nitrogens is 2. The fourth-order valence-corrected chi connectivity index (χ4v) is 2.36. The number of nitrogens with one attached hydrogen (secondary N) is 1. The van der Waals surface area contributed by atoms with Gasteiger partial charge in [0.15, 0.2) is 18.2 Å². The Bertz CT molecular complexity index is 948. The molecule has 1 aromatic heterocycles. The Morgan fingerprint density at radius 2 is 1.79 bits per heavy atom.